The number of thioether (sulfide) groups is 1. The van der Waals surface area contributed by atoms with Crippen molar-refractivity contribution in [2.75, 3.05) is 12.3 Å². The van der Waals surface area contributed by atoms with Crippen molar-refractivity contribution >= 4 is 23.4 Å². The Labute approximate surface area is 134 Å². The fourth-order valence-electron chi connectivity index (χ4n) is 2.14. The number of hydrogen-bond acceptors (Lipinski definition) is 2. The van der Waals surface area contributed by atoms with Gasteiger partial charge in [-0.1, -0.05) is 42.8 Å². The van der Waals surface area contributed by atoms with Crippen LogP contribution < -0.4 is 5.32 Å². The molecule has 0 radical (unpaired) electrons. The molecule has 2 aromatic carbocycles. The molecule has 2 rings (SSSR count). The van der Waals surface area contributed by atoms with Crippen LogP contribution >= 0.6 is 23.4 Å². The fraction of sp³-hybridized carbons (Fsp3) is 0.294. The highest BCUT2D eigenvalue weighted by atomic mass is 35.5. The molecule has 112 valence electrons. The predicted molar refractivity (Wildman–Crippen MR) is 89.7 cm³/mol. The minimum absolute atomic E-state index is 0.149. The Kier molecular flexibility index (Phi) is 6.55. The van der Waals surface area contributed by atoms with Gasteiger partial charge >= 0.3 is 0 Å². The Morgan fingerprint density at radius 1 is 1.14 bits per heavy atom. The van der Waals surface area contributed by atoms with Crippen LogP contribution in [0.3, 0.4) is 0 Å². The van der Waals surface area contributed by atoms with E-state index in [-0.39, 0.29) is 5.82 Å². The first kappa shape index (κ1) is 16.3. The Morgan fingerprint density at radius 3 is 2.52 bits per heavy atom. The van der Waals surface area contributed by atoms with E-state index in [0.717, 1.165) is 23.7 Å². The van der Waals surface area contributed by atoms with Gasteiger partial charge in [0.15, 0.2) is 0 Å². The number of likely N-dealkylation sites (N-methyl/N-ethyl adjacent to an activating group) is 1. The SMILES string of the molecule is CCNC(CSc1ccccc1F)Cc1ccc(Cl)cc1. The van der Waals surface area contributed by atoms with Crippen molar-refractivity contribution in [1.29, 1.82) is 0 Å². The Morgan fingerprint density at radius 2 is 1.86 bits per heavy atom. The summed E-state index contributed by atoms with van der Waals surface area (Å²) in [5.74, 6) is 0.682. The summed E-state index contributed by atoms with van der Waals surface area (Å²) in [5, 5.41) is 4.21. The van der Waals surface area contributed by atoms with Gasteiger partial charge in [0.05, 0.1) is 0 Å². The van der Waals surface area contributed by atoms with Crippen LogP contribution in [-0.2, 0) is 6.42 Å². The fourth-order valence-corrected chi connectivity index (χ4v) is 3.26. The van der Waals surface area contributed by atoms with Gasteiger partial charge in [0, 0.05) is 21.7 Å². The van der Waals surface area contributed by atoms with Gasteiger partial charge in [0.25, 0.3) is 0 Å². The molecule has 0 aromatic heterocycles. The monoisotopic (exact) mass is 323 g/mol. The number of rotatable bonds is 7. The van der Waals surface area contributed by atoms with Crippen LogP contribution in [0, 0.1) is 5.82 Å². The molecule has 4 heteroatoms. The van der Waals surface area contributed by atoms with Crippen LogP contribution in [0.4, 0.5) is 4.39 Å². The second kappa shape index (κ2) is 8.42. The minimum Gasteiger partial charge on any atom is -0.313 e. The zero-order valence-electron chi connectivity index (χ0n) is 12.0. The average Bonchev–Trinajstić information content (AvgIpc) is 2.49. The molecule has 0 spiro atoms. The van der Waals surface area contributed by atoms with Gasteiger partial charge in [0.1, 0.15) is 5.82 Å². The number of nitrogens with one attached hydrogen (secondary N) is 1. The smallest absolute Gasteiger partial charge is 0.136 e. The highest BCUT2D eigenvalue weighted by Crippen LogP contribution is 2.23. The van der Waals surface area contributed by atoms with E-state index >= 15 is 0 Å². The normalized spacial score (nSPS) is 12.3. The van der Waals surface area contributed by atoms with E-state index in [1.54, 1.807) is 17.8 Å². The number of benzene rings is 2. The van der Waals surface area contributed by atoms with Gasteiger partial charge in [-0.05, 0) is 42.8 Å². The predicted octanol–water partition coefficient (Wildman–Crippen LogP) is 4.79. The first-order valence-electron chi connectivity index (χ1n) is 7.04. The largest absolute Gasteiger partial charge is 0.313 e. The quantitative estimate of drug-likeness (QED) is 0.735. The van der Waals surface area contributed by atoms with E-state index in [4.69, 9.17) is 11.6 Å². The van der Waals surface area contributed by atoms with E-state index in [1.807, 2.05) is 36.4 Å². The van der Waals surface area contributed by atoms with Gasteiger partial charge in [-0.2, -0.15) is 0 Å². The van der Waals surface area contributed by atoms with E-state index in [0.29, 0.717) is 10.9 Å². The maximum absolute atomic E-state index is 13.6. The molecule has 1 atom stereocenters. The highest BCUT2D eigenvalue weighted by Gasteiger charge is 2.11. The molecule has 0 aliphatic carbocycles. The van der Waals surface area contributed by atoms with Crippen LogP contribution in [0.5, 0.6) is 0 Å². The lowest BCUT2D eigenvalue weighted by molar-refractivity contribution is 0.571. The summed E-state index contributed by atoms with van der Waals surface area (Å²) in [6.07, 6.45) is 0.909. The standard InChI is InChI=1S/C17H19ClFNS/c1-2-20-15(11-13-7-9-14(18)10-8-13)12-21-17-6-4-3-5-16(17)19/h3-10,15,20H,2,11-12H2,1H3. The molecule has 0 heterocycles. The van der Waals surface area contributed by atoms with Crippen LogP contribution in [-0.4, -0.2) is 18.3 Å². The Hall–Kier alpha value is -1.03. The van der Waals surface area contributed by atoms with Gasteiger partial charge in [-0.15, -0.1) is 11.8 Å². The van der Waals surface area contributed by atoms with Crippen molar-refractivity contribution < 1.29 is 4.39 Å². The lowest BCUT2D eigenvalue weighted by atomic mass is 10.1. The van der Waals surface area contributed by atoms with Gasteiger partial charge in [-0.25, -0.2) is 4.39 Å². The number of halogens is 2. The first-order valence-corrected chi connectivity index (χ1v) is 8.40. The summed E-state index contributed by atoms with van der Waals surface area (Å²) >= 11 is 7.46. The lowest BCUT2D eigenvalue weighted by Crippen LogP contribution is -2.33. The van der Waals surface area contributed by atoms with Crippen LogP contribution in [0.15, 0.2) is 53.4 Å². The molecule has 2 aromatic rings. The number of hydrogen-bond donors (Lipinski definition) is 1. The second-order valence-electron chi connectivity index (χ2n) is 4.83. The molecule has 1 N–H and O–H groups in total. The molecule has 0 aliphatic rings. The van der Waals surface area contributed by atoms with Crippen molar-refractivity contribution in [2.45, 2.75) is 24.3 Å². The van der Waals surface area contributed by atoms with Crippen molar-refractivity contribution in [2.24, 2.45) is 0 Å². The Bertz CT molecular complexity index is 559. The summed E-state index contributed by atoms with van der Waals surface area (Å²) in [7, 11) is 0. The molecule has 0 fully saturated rings. The molecule has 1 nitrogen and oxygen atoms in total. The van der Waals surface area contributed by atoms with Crippen LogP contribution in [0.2, 0.25) is 5.02 Å². The molecule has 0 saturated carbocycles. The van der Waals surface area contributed by atoms with E-state index in [9.17, 15) is 4.39 Å². The summed E-state index contributed by atoms with van der Waals surface area (Å²) in [4.78, 5) is 0.705. The summed E-state index contributed by atoms with van der Waals surface area (Å²) in [6, 6.07) is 15.1. The summed E-state index contributed by atoms with van der Waals surface area (Å²) in [6.45, 7) is 2.98. The first-order chi connectivity index (χ1) is 10.2. The lowest BCUT2D eigenvalue weighted by Gasteiger charge is -2.18. The zero-order chi connectivity index (χ0) is 15.1. The molecule has 0 bridgehead atoms. The maximum atomic E-state index is 13.6. The topological polar surface area (TPSA) is 12.0 Å². The van der Waals surface area contributed by atoms with Gasteiger partial charge in [-0.3, -0.25) is 0 Å². The molecular weight excluding hydrogens is 305 g/mol. The summed E-state index contributed by atoms with van der Waals surface area (Å²) < 4.78 is 13.6. The highest BCUT2D eigenvalue weighted by molar-refractivity contribution is 7.99. The molecule has 21 heavy (non-hydrogen) atoms. The van der Waals surface area contributed by atoms with Crippen LogP contribution in [0.25, 0.3) is 0 Å². The van der Waals surface area contributed by atoms with E-state index in [2.05, 4.69) is 12.2 Å². The van der Waals surface area contributed by atoms with Crippen molar-refractivity contribution in [3.8, 4) is 0 Å². The third-order valence-corrected chi connectivity index (χ3v) is 4.63. The van der Waals surface area contributed by atoms with E-state index < -0.39 is 0 Å². The van der Waals surface area contributed by atoms with Crippen molar-refractivity contribution in [1.82, 2.24) is 5.32 Å². The minimum atomic E-state index is -0.149. The Balaban J connectivity index is 1.95. The molecule has 0 saturated heterocycles. The van der Waals surface area contributed by atoms with Crippen molar-refractivity contribution in [3.05, 3.63) is 64.9 Å². The van der Waals surface area contributed by atoms with E-state index in [1.165, 1.54) is 11.6 Å². The molecule has 1 unspecified atom stereocenters. The van der Waals surface area contributed by atoms with Gasteiger partial charge in [0.2, 0.25) is 0 Å². The molecule has 0 amide bonds. The zero-order valence-corrected chi connectivity index (χ0v) is 13.6. The third kappa shape index (κ3) is 5.34. The second-order valence-corrected chi connectivity index (χ2v) is 6.32. The average molecular weight is 324 g/mol. The van der Waals surface area contributed by atoms with Crippen molar-refractivity contribution in [3.63, 3.8) is 0 Å². The van der Waals surface area contributed by atoms with Gasteiger partial charge < -0.3 is 5.32 Å². The molecular formula is C17H19ClFNS. The maximum Gasteiger partial charge on any atom is 0.136 e. The summed E-state index contributed by atoms with van der Waals surface area (Å²) in [5.41, 5.74) is 1.24. The van der Waals surface area contributed by atoms with Crippen LogP contribution in [0.1, 0.15) is 12.5 Å². The third-order valence-electron chi connectivity index (χ3n) is 3.16. The molecule has 0 aliphatic heterocycles.